The molecule has 4 aromatic rings. The zero-order valence-electron chi connectivity index (χ0n) is 14.5. The van der Waals surface area contributed by atoms with Gasteiger partial charge in [-0.25, -0.2) is 14.8 Å². The number of esters is 1. The van der Waals surface area contributed by atoms with E-state index in [4.69, 9.17) is 4.74 Å². The number of ether oxygens (including phenoxy) is 1. The second-order valence-corrected chi connectivity index (χ2v) is 7.01. The standard InChI is InChI=1S/C19H14N4O4S/c24-19(27-10-7-18-21-14-3-1-2-4-17(14)28-18)13-5-6-15(16(11-13)23(25)26)22-9-8-20-12-22/h1-6,8-9,11-12H,7,10H2. The Morgan fingerprint density at radius 3 is 2.86 bits per heavy atom. The summed E-state index contributed by atoms with van der Waals surface area (Å²) >= 11 is 1.55. The van der Waals surface area contributed by atoms with Crippen LogP contribution in [0.2, 0.25) is 0 Å². The van der Waals surface area contributed by atoms with E-state index in [0.717, 1.165) is 15.2 Å². The van der Waals surface area contributed by atoms with E-state index in [-0.39, 0.29) is 17.9 Å². The van der Waals surface area contributed by atoms with Crippen LogP contribution >= 0.6 is 11.3 Å². The van der Waals surface area contributed by atoms with Crippen LogP contribution in [0.1, 0.15) is 15.4 Å². The van der Waals surface area contributed by atoms with Gasteiger partial charge in [0.25, 0.3) is 5.69 Å². The van der Waals surface area contributed by atoms with E-state index < -0.39 is 10.9 Å². The Hall–Kier alpha value is -3.59. The molecule has 0 fully saturated rings. The Kier molecular flexibility index (Phi) is 4.81. The van der Waals surface area contributed by atoms with Crippen LogP contribution in [-0.2, 0) is 11.2 Å². The van der Waals surface area contributed by atoms with E-state index in [9.17, 15) is 14.9 Å². The van der Waals surface area contributed by atoms with Crippen molar-refractivity contribution in [3.05, 3.63) is 81.9 Å². The third kappa shape index (κ3) is 3.60. The van der Waals surface area contributed by atoms with Gasteiger partial charge in [-0.2, -0.15) is 0 Å². The minimum absolute atomic E-state index is 0.125. The maximum absolute atomic E-state index is 12.3. The Labute approximate surface area is 163 Å². The first-order valence-electron chi connectivity index (χ1n) is 8.40. The number of rotatable bonds is 6. The van der Waals surface area contributed by atoms with Crippen molar-refractivity contribution < 1.29 is 14.5 Å². The van der Waals surface area contributed by atoms with Crippen LogP contribution in [0, 0.1) is 10.1 Å². The molecule has 8 nitrogen and oxygen atoms in total. The highest BCUT2D eigenvalue weighted by molar-refractivity contribution is 7.18. The number of imidazole rings is 1. The third-order valence-corrected chi connectivity index (χ3v) is 5.17. The van der Waals surface area contributed by atoms with Crippen molar-refractivity contribution in [2.45, 2.75) is 6.42 Å². The molecule has 0 saturated carbocycles. The van der Waals surface area contributed by atoms with E-state index in [1.54, 1.807) is 17.5 Å². The van der Waals surface area contributed by atoms with E-state index in [2.05, 4.69) is 9.97 Å². The van der Waals surface area contributed by atoms with Gasteiger partial charge in [-0.15, -0.1) is 11.3 Å². The van der Waals surface area contributed by atoms with Crippen molar-refractivity contribution in [3.63, 3.8) is 0 Å². The summed E-state index contributed by atoms with van der Waals surface area (Å²) in [7, 11) is 0. The minimum Gasteiger partial charge on any atom is -0.462 e. The van der Waals surface area contributed by atoms with E-state index >= 15 is 0 Å². The van der Waals surface area contributed by atoms with Crippen molar-refractivity contribution in [3.8, 4) is 5.69 Å². The molecule has 0 aliphatic rings. The largest absolute Gasteiger partial charge is 0.462 e. The first kappa shape index (κ1) is 17.8. The number of fused-ring (bicyclic) bond motifs is 1. The molecular formula is C19H14N4O4S. The van der Waals surface area contributed by atoms with Crippen LogP contribution < -0.4 is 0 Å². The zero-order valence-corrected chi connectivity index (χ0v) is 15.3. The average Bonchev–Trinajstić information content (AvgIpc) is 3.36. The molecule has 4 rings (SSSR count). The topological polar surface area (TPSA) is 100 Å². The molecule has 0 atom stereocenters. The number of benzene rings is 2. The lowest BCUT2D eigenvalue weighted by atomic mass is 10.1. The maximum Gasteiger partial charge on any atom is 0.338 e. The molecule has 0 aliphatic heterocycles. The number of hydrogen-bond donors (Lipinski definition) is 0. The molecule has 0 spiro atoms. The number of carbonyl (C=O) groups is 1. The van der Waals surface area contributed by atoms with Gasteiger partial charge in [0.05, 0.1) is 38.6 Å². The van der Waals surface area contributed by atoms with Gasteiger partial charge in [0, 0.05) is 24.9 Å². The Morgan fingerprint density at radius 1 is 1.25 bits per heavy atom. The van der Waals surface area contributed by atoms with Crippen LogP contribution in [0.5, 0.6) is 0 Å². The third-order valence-electron chi connectivity index (χ3n) is 4.08. The summed E-state index contributed by atoms with van der Waals surface area (Å²) in [6, 6.07) is 12.0. The normalized spacial score (nSPS) is 10.9. The number of carbonyl (C=O) groups excluding carboxylic acids is 1. The fraction of sp³-hybridized carbons (Fsp3) is 0.105. The number of nitrogens with zero attached hydrogens (tertiary/aromatic N) is 4. The average molecular weight is 394 g/mol. The minimum atomic E-state index is -0.610. The molecule has 0 saturated heterocycles. The van der Waals surface area contributed by atoms with Crippen molar-refractivity contribution in [2.75, 3.05) is 6.61 Å². The van der Waals surface area contributed by atoms with E-state index in [1.807, 2.05) is 24.3 Å². The Balaban J connectivity index is 1.45. The summed E-state index contributed by atoms with van der Waals surface area (Å²) in [6.07, 6.45) is 5.06. The molecule has 0 unspecified atom stereocenters. The summed E-state index contributed by atoms with van der Waals surface area (Å²) < 4.78 is 7.87. The number of nitro groups is 1. The van der Waals surface area contributed by atoms with E-state index in [0.29, 0.717) is 12.1 Å². The van der Waals surface area contributed by atoms with Crippen molar-refractivity contribution in [1.82, 2.24) is 14.5 Å². The molecule has 0 aliphatic carbocycles. The van der Waals surface area contributed by atoms with Crippen molar-refractivity contribution in [1.29, 1.82) is 0 Å². The van der Waals surface area contributed by atoms with Gasteiger partial charge in [-0.05, 0) is 24.3 Å². The van der Waals surface area contributed by atoms with Gasteiger partial charge >= 0.3 is 5.97 Å². The molecule has 0 N–H and O–H groups in total. The van der Waals surface area contributed by atoms with Gasteiger partial charge in [-0.3, -0.25) is 10.1 Å². The van der Waals surface area contributed by atoms with Crippen LogP contribution in [-0.4, -0.2) is 32.0 Å². The molecule has 0 amide bonds. The second-order valence-electron chi connectivity index (χ2n) is 5.89. The number of aromatic nitrogens is 3. The molecule has 2 aromatic heterocycles. The fourth-order valence-corrected chi connectivity index (χ4v) is 3.71. The van der Waals surface area contributed by atoms with Gasteiger partial charge in [0.2, 0.25) is 0 Å². The monoisotopic (exact) mass is 394 g/mol. The predicted molar refractivity (Wildman–Crippen MR) is 104 cm³/mol. The van der Waals surface area contributed by atoms with E-state index in [1.165, 1.54) is 35.3 Å². The zero-order chi connectivity index (χ0) is 19.5. The second kappa shape index (κ2) is 7.57. The highest BCUT2D eigenvalue weighted by Crippen LogP contribution is 2.25. The summed E-state index contributed by atoms with van der Waals surface area (Å²) in [4.78, 5) is 31.5. The molecule has 0 bridgehead atoms. The molecule has 2 heterocycles. The van der Waals surface area contributed by atoms with Crippen LogP contribution in [0.4, 0.5) is 5.69 Å². The first-order chi connectivity index (χ1) is 13.6. The van der Waals surface area contributed by atoms with Crippen LogP contribution in [0.25, 0.3) is 15.9 Å². The molecule has 28 heavy (non-hydrogen) atoms. The van der Waals surface area contributed by atoms with Gasteiger partial charge in [0.15, 0.2) is 0 Å². The van der Waals surface area contributed by atoms with Gasteiger partial charge < -0.3 is 9.30 Å². The SMILES string of the molecule is O=C(OCCc1nc2ccccc2s1)c1ccc(-n2ccnc2)c([N+](=O)[O-])c1. The number of nitro benzene ring substituents is 1. The summed E-state index contributed by atoms with van der Waals surface area (Å²) in [5.41, 5.74) is 1.17. The molecule has 9 heteroatoms. The Morgan fingerprint density at radius 2 is 2.11 bits per heavy atom. The Bertz CT molecular complexity index is 1120. The van der Waals surface area contributed by atoms with Crippen molar-refractivity contribution in [2.24, 2.45) is 0 Å². The highest BCUT2D eigenvalue weighted by Gasteiger charge is 2.19. The predicted octanol–water partition coefficient (Wildman–Crippen LogP) is 3.79. The summed E-state index contributed by atoms with van der Waals surface area (Å²) in [5, 5.41) is 12.3. The lowest BCUT2D eigenvalue weighted by Crippen LogP contribution is -2.09. The first-order valence-corrected chi connectivity index (χ1v) is 9.22. The summed E-state index contributed by atoms with van der Waals surface area (Å²) in [6.45, 7) is 0.149. The van der Waals surface area contributed by atoms with Gasteiger partial charge in [-0.1, -0.05) is 12.1 Å². The fourth-order valence-electron chi connectivity index (χ4n) is 2.76. The van der Waals surface area contributed by atoms with Crippen LogP contribution in [0.3, 0.4) is 0 Å². The van der Waals surface area contributed by atoms with Crippen LogP contribution in [0.15, 0.2) is 61.2 Å². The summed E-state index contributed by atoms with van der Waals surface area (Å²) in [5.74, 6) is -0.610. The smallest absolute Gasteiger partial charge is 0.338 e. The molecule has 2 aromatic carbocycles. The van der Waals surface area contributed by atoms with Gasteiger partial charge in [0.1, 0.15) is 5.69 Å². The number of thiazole rings is 1. The number of para-hydroxylation sites is 1. The van der Waals surface area contributed by atoms with Crippen molar-refractivity contribution >= 4 is 33.2 Å². The molecular weight excluding hydrogens is 380 g/mol. The lowest BCUT2D eigenvalue weighted by molar-refractivity contribution is -0.384. The maximum atomic E-state index is 12.3. The molecule has 140 valence electrons. The molecule has 0 radical (unpaired) electrons. The lowest BCUT2D eigenvalue weighted by Gasteiger charge is -2.07. The highest BCUT2D eigenvalue weighted by atomic mass is 32.1. The number of hydrogen-bond acceptors (Lipinski definition) is 7. The quantitative estimate of drug-likeness (QED) is 0.280.